The van der Waals surface area contributed by atoms with Crippen LogP contribution in [0.15, 0.2) is 122 Å². The SMILES string of the molecule is CC1(C)c2ccccc2N(c2ccnc(/C([NH-])=C/C(=N)C(F)(F)F)c2)c2ccccc21.O=COc1ccnc(-c2cc(OC=O)cc(-c3cc(OC=O)ccn3)n2)c1.[N-]=C=S.[Ru+2]. The van der Waals surface area contributed by atoms with Crippen molar-refractivity contribution >= 4 is 65.3 Å². The number of halogens is 3. The van der Waals surface area contributed by atoms with Crippen molar-refractivity contribution in [2.24, 2.45) is 0 Å². The van der Waals surface area contributed by atoms with E-state index < -0.39 is 17.6 Å². The predicted molar refractivity (Wildman–Crippen MR) is 224 cm³/mol. The summed E-state index contributed by atoms with van der Waals surface area (Å²) in [5, 5.41) is 15.6. The van der Waals surface area contributed by atoms with E-state index in [1.807, 2.05) is 41.3 Å². The Morgan fingerprint density at radius 3 is 1.65 bits per heavy atom. The minimum absolute atomic E-state index is 0. The Kier molecular flexibility index (Phi) is 16.2. The summed E-state index contributed by atoms with van der Waals surface area (Å²) >= 11 is 3.70. The Morgan fingerprint density at radius 1 is 0.742 bits per heavy atom. The van der Waals surface area contributed by atoms with Crippen molar-refractivity contribution in [1.82, 2.24) is 19.9 Å². The normalized spacial score (nSPS) is 12.1. The van der Waals surface area contributed by atoms with Crippen molar-refractivity contribution in [2.45, 2.75) is 25.4 Å². The number of pyridine rings is 4. The van der Waals surface area contributed by atoms with E-state index in [4.69, 9.17) is 30.8 Å². The van der Waals surface area contributed by atoms with E-state index in [1.165, 1.54) is 60.1 Å². The van der Waals surface area contributed by atoms with Crippen LogP contribution >= 0.6 is 12.2 Å². The average Bonchev–Trinajstić information content (AvgIpc) is 3.25. The molecule has 0 amide bonds. The summed E-state index contributed by atoms with van der Waals surface area (Å²) < 4.78 is 52.7. The first kappa shape index (κ1) is 47.4. The van der Waals surface area contributed by atoms with E-state index in [0.717, 1.165) is 22.5 Å². The van der Waals surface area contributed by atoms with Crippen LogP contribution in [0.5, 0.6) is 17.2 Å². The smallest absolute Gasteiger partial charge is 0.753 e. The fraction of sp³-hybridized carbons (Fsp3) is 0.0930. The minimum atomic E-state index is -4.81. The second kappa shape index (κ2) is 21.3. The Bertz CT molecular complexity index is 2540. The molecular weight excluding hydrogens is 915 g/mol. The van der Waals surface area contributed by atoms with Gasteiger partial charge in [-0.05, 0) is 53.6 Å². The van der Waals surface area contributed by atoms with E-state index >= 15 is 0 Å². The number of anilines is 3. The van der Waals surface area contributed by atoms with E-state index in [-0.39, 0.29) is 54.3 Å². The number of nitrogens with one attached hydrogen (secondary N) is 2. The van der Waals surface area contributed by atoms with Crippen LogP contribution in [-0.4, -0.2) is 56.4 Å². The molecule has 4 aromatic heterocycles. The van der Waals surface area contributed by atoms with Crippen LogP contribution in [0.3, 0.4) is 0 Å². The Hall–Kier alpha value is -7.33. The van der Waals surface area contributed by atoms with Crippen molar-refractivity contribution in [2.75, 3.05) is 4.90 Å². The number of allylic oxidation sites excluding steroid dienone is 1. The molecule has 314 valence electrons. The van der Waals surface area contributed by atoms with Gasteiger partial charge in [-0.25, -0.2) is 4.98 Å². The molecule has 0 bridgehead atoms. The average molecular weight is 946 g/mol. The molecule has 0 aliphatic carbocycles. The summed E-state index contributed by atoms with van der Waals surface area (Å²) in [7, 11) is 0. The largest absolute Gasteiger partial charge is 2.00 e. The van der Waals surface area contributed by atoms with Crippen LogP contribution in [0.25, 0.3) is 39.6 Å². The number of para-hydroxylation sites is 2. The van der Waals surface area contributed by atoms with Crippen molar-refractivity contribution in [3.05, 3.63) is 150 Å². The number of alkyl halides is 3. The maximum Gasteiger partial charge on any atom is 2.00 e. The topological polar surface area (TPSA) is 204 Å². The monoisotopic (exact) mass is 946 g/mol. The number of carbonyl (C=O) groups is 3. The molecule has 0 fully saturated rings. The predicted octanol–water partition coefficient (Wildman–Crippen LogP) is 9.63. The van der Waals surface area contributed by atoms with Gasteiger partial charge in [0.1, 0.15) is 23.0 Å². The Balaban J connectivity index is 0.000000255. The quantitative estimate of drug-likeness (QED) is 0.0558. The molecule has 1 aliphatic rings. The maximum absolute atomic E-state index is 12.7. The summed E-state index contributed by atoms with van der Waals surface area (Å²) in [6, 6.07) is 28.4. The number of ether oxygens (including phenoxy) is 3. The summed E-state index contributed by atoms with van der Waals surface area (Å²) in [6.45, 7) is 5.20. The fourth-order valence-electron chi connectivity index (χ4n) is 6.20. The zero-order valence-electron chi connectivity index (χ0n) is 32.3. The second-order valence-electron chi connectivity index (χ2n) is 12.9. The molecule has 2 N–H and O–H groups in total. The summed E-state index contributed by atoms with van der Waals surface area (Å²) in [5.74, 6) is 0.760. The van der Waals surface area contributed by atoms with Gasteiger partial charge >= 0.3 is 25.7 Å². The number of aromatic nitrogens is 4. The molecule has 6 aromatic rings. The molecule has 0 saturated heterocycles. The summed E-state index contributed by atoms with van der Waals surface area (Å²) in [6.07, 6.45) is 0.0297. The Labute approximate surface area is 370 Å². The van der Waals surface area contributed by atoms with Crippen molar-refractivity contribution in [3.63, 3.8) is 0 Å². The third-order valence-corrected chi connectivity index (χ3v) is 8.85. The molecule has 0 saturated carbocycles. The first-order valence-electron chi connectivity index (χ1n) is 17.6. The standard InChI is InChI=1S/C24H20F3N4.C18H11N3O6.CNS.Ru/c1-23(2)16-7-3-5-9-20(16)31(21-10-6-4-8-17(21)23)15-11-12-30-19(13-15)18(28)14-22(29)24(25,26)27;22-9-25-12-1-3-19-15(5-12)17-7-14(27-11-24)8-18(21-17)16-6-13(26-10-23)2-4-20-16;2-1-3;/h3-14,28-29H,1-2H3;1-11H;;/q-1;;-1;+2/b18-14-,29-22?;;;. The molecule has 5 heterocycles. The van der Waals surface area contributed by atoms with Crippen LogP contribution in [-0.2, 0) is 39.3 Å². The number of fused-ring (bicyclic) bond motifs is 2. The molecule has 19 heteroatoms. The first-order valence-corrected chi connectivity index (χ1v) is 18.0. The number of hydrogen-bond acceptors (Lipinski definition) is 13. The van der Waals surface area contributed by atoms with Gasteiger partial charge in [-0.3, -0.25) is 34.7 Å². The van der Waals surface area contributed by atoms with E-state index in [0.29, 0.717) is 47.5 Å². The molecule has 1 aliphatic heterocycles. The number of hydrogen-bond donors (Lipinski definition) is 1. The molecule has 14 nitrogen and oxygen atoms in total. The van der Waals surface area contributed by atoms with Crippen LogP contribution in [0.2, 0.25) is 0 Å². The fourth-order valence-corrected chi connectivity index (χ4v) is 6.20. The van der Waals surface area contributed by atoms with E-state index in [2.05, 4.69) is 58.1 Å². The van der Waals surface area contributed by atoms with Gasteiger partial charge in [0.05, 0.1) is 34.2 Å². The molecule has 62 heavy (non-hydrogen) atoms. The maximum atomic E-state index is 12.7. The van der Waals surface area contributed by atoms with Crippen molar-refractivity contribution < 1.29 is 61.2 Å². The van der Waals surface area contributed by atoms with Crippen LogP contribution < -0.4 is 19.1 Å². The third kappa shape index (κ3) is 11.3. The molecule has 0 unspecified atom stereocenters. The first-order chi connectivity index (χ1) is 29.2. The van der Waals surface area contributed by atoms with Gasteiger partial charge in [0.15, 0.2) is 0 Å². The second-order valence-corrected chi connectivity index (χ2v) is 13.1. The number of thiocarbonyl (C=S) groups is 1. The van der Waals surface area contributed by atoms with Gasteiger partial charge in [-0.2, -0.15) is 18.3 Å². The molecule has 2 aromatic carbocycles. The van der Waals surface area contributed by atoms with Crippen LogP contribution in [0, 0.1) is 5.41 Å². The molecule has 7 rings (SSSR count). The zero-order chi connectivity index (χ0) is 44.2. The van der Waals surface area contributed by atoms with Gasteiger partial charge in [-0.15, -0.1) is 5.70 Å². The van der Waals surface area contributed by atoms with Crippen LogP contribution in [0.1, 0.15) is 30.7 Å². The van der Waals surface area contributed by atoms with Gasteiger partial charge in [0.2, 0.25) is 0 Å². The van der Waals surface area contributed by atoms with E-state index in [9.17, 15) is 27.6 Å². The van der Waals surface area contributed by atoms with Gasteiger partial charge in [0.25, 0.3) is 19.4 Å². The molecule has 0 atom stereocenters. The van der Waals surface area contributed by atoms with Crippen LogP contribution in [0.4, 0.5) is 30.2 Å². The zero-order valence-corrected chi connectivity index (χ0v) is 34.9. The number of benzene rings is 2. The minimum Gasteiger partial charge on any atom is -0.753 e. The third-order valence-electron chi connectivity index (χ3n) is 8.85. The molecule has 0 spiro atoms. The summed E-state index contributed by atoms with van der Waals surface area (Å²) in [5.41, 5.74) is 12.1. The number of isothiocyanates is 1. The number of nitrogens with zero attached hydrogens (tertiary/aromatic N) is 6. The summed E-state index contributed by atoms with van der Waals surface area (Å²) in [4.78, 5) is 50.7. The Morgan fingerprint density at radius 2 is 1.18 bits per heavy atom. The van der Waals surface area contributed by atoms with Gasteiger partial charge in [0, 0.05) is 59.7 Å². The van der Waals surface area contributed by atoms with Gasteiger partial charge < -0.3 is 30.3 Å². The van der Waals surface area contributed by atoms with Crippen molar-refractivity contribution in [1.29, 1.82) is 5.41 Å². The van der Waals surface area contributed by atoms with Gasteiger partial charge in [-0.1, -0.05) is 62.5 Å². The number of carbonyl (C=O) groups excluding carboxylic acids is 3. The molecule has 0 radical (unpaired) electrons. The van der Waals surface area contributed by atoms with E-state index in [1.54, 1.807) is 12.1 Å². The number of rotatable bonds is 11. The van der Waals surface area contributed by atoms with Crippen molar-refractivity contribution in [3.8, 4) is 40.0 Å². The molecular formula is C43H31F3N8O6RuS.